The lowest BCUT2D eigenvalue weighted by Crippen LogP contribution is -2.30. The smallest absolute Gasteiger partial charge is 0.224 e. The summed E-state index contributed by atoms with van der Waals surface area (Å²) in [7, 11) is 1.84. The predicted octanol–water partition coefficient (Wildman–Crippen LogP) is 4.05. The Balaban J connectivity index is 2.08. The van der Waals surface area contributed by atoms with Gasteiger partial charge in [-0.1, -0.05) is 26.2 Å². The topological polar surface area (TPSA) is 49.8 Å². The van der Waals surface area contributed by atoms with Crippen molar-refractivity contribution in [3.63, 3.8) is 0 Å². The van der Waals surface area contributed by atoms with Crippen molar-refractivity contribution in [2.24, 2.45) is 5.92 Å². The van der Waals surface area contributed by atoms with Gasteiger partial charge in [0.25, 0.3) is 0 Å². The van der Waals surface area contributed by atoms with Crippen molar-refractivity contribution in [2.75, 3.05) is 17.7 Å². The molecule has 0 saturated heterocycles. The Hall–Kier alpha value is -0.840. The second kappa shape index (κ2) is 7.08. The van der Waals surface area contributed by atoms with Crippen LogP contribution in [0.5, 0.6) is 0 Å². The van der Waals surface area contributed by atoms with Crippen molar-refractivity contribution in [1.29, 1.82) is 0 Å². The highest BCUT2D eigenvalue weighted by Gasteiger charge is 2.23. The fraction of sp³-hybridized carbons (Fsp3) is 0.714. The van der Waals surface area contributed by atoms with Crippen molar-refractivity contribution in [2.45, 2.75) is 51.5 Å². The third kappa shape index (κ3) is 3.81. The maximum absolute atomic E-state index is 4.49. The molecule has 5 heteroatoms. The van der Waals surface area contributed by atoms with Crippen molar-refractivity contribution in [3.05, 3.63) is 10.7 Å². The van der Waals surface area contributed by atoms with Gasteiger partial charge < -0.3 is 10.6 Å². The van der Waals surface area contributed by atoms with Crippen LogP contribution in [0.2, 0.25) is 0 Å². The molecule has 4 nitrogen and oxygen atoms in total. The first-order valence-electron chi connectivity index (χ1n) is 7.21. The summed E-state index contributed by atoms with van der Waals surface area (Å²) in [4.78, 5) is 8.69. The standard InChI is InChI=1S/C14H23BrN4/c1-3-12(10-7-5-4-6-8-10)18-13-11(15)9-17-14(16-2)19-13/h9-10,12H,3-8H2,1-2H3,(H2,16,17,18,19). The second-order valence-electron chi connectivity index (χ2n) is 5.20. The molecule has 0 aromatic carbocycles. The quantitative estimate of drug-likeness (QED) is 0.856. The monoisotopic (exact) mass is 326 g/mol. The Morgan fingerprint density at radius 1 is 1.37 bits per heavy atom. The maximum Gasteiger partial charge on any atom is 0.224 e. The molecule has 1 aromatic rings. The van der Waals surface area contributed by atoms with Crippen molar-refractivity contribution < 1.29 is 0 Å². The van der Waals surface area contributed by atoms with E-state index in [4.69, 9.17) is 0 Å². The first-order valence-corrected chi connectivity index (χ1v) is 8.00. The van der Waals surface area contributed by atoms with Crippen LogP contribution in [0.25, 0.3) is 0 Å². The zero-order chi connectivity index (χ0) is 13.7. The molecule has 1 heterocycles. The molecule has 1 atom stereocenters. The number of hydrogen-bond acceptors (Lipinski definition) is 4. The number of aromatic nitrogens is 2. The van der Waals surface area contributed by atoms with E-state index >= 15 is 0 Å². The van der Waals surface area contributed by atoms with Crippen LogP contribution >= 0.6 is 15.9 Å². The third-order valence-electron chi connectivity index (χ3n) is 3.95. The van der Waals surface area contributed by atoms with Crippen LogP contribution in [-0.2, 0) is 0 Å². The van der Waals surface area contributed by atoms with E-state index in [1.165, 1.54) is 32.1 Å². The molecule has 2 N–H and O–H groups in total. The molecule has 0 aliphatic heterocycles. The van der Waals surface area contributed by atoms with Crippen molar-refractivity contribution >= 4 is 27.7 Å². The summed E-state index contributed by atoms with van der Waals surface area (Å²) in [6, 6.07) is 0.510. The first-order chi connectivity index (χ1) is 9.24. The molecule has 1 saturated carbocycles. The van der Waals surface area contributed by atoms with Gasteiger partial charge in [-0.25, -0.2) is 4.98 Å². The van der Waals surface area contributed by atoms with Gasteiger partial charge in [0, 0.05) is 19.3 Å². The van der Waals surface area contributed by atoms with Gasteiger partial charge in [0.05, 0.1) is 4.47 Å². The van der Waals surface area contributed by atoms with Crippen LogP contribution in [0.1, 0.15) is 45.4 Å². The van der Waals surface area contributed by atoms with Gasteiger partial charge in [0.15, 0.2) is 0 Å². The van der Waals surface area contributed by atoms with E-state index in [0.717, 1.165) is 22.6 Å². The van der Waals surface area contributed by atoms with Gasteiger partial charge in [0.1, 0.15) is 5.82 Å². The van der Waals surface area contributed by atoms with E-state index in [2.05, 4.69) is 43.5 Å². The molecular weight excluding hydrogens is 304 g/mol. The third-order valence-corrected chi connectivity index (χ3v) is 4.53. The van der Waals surface area contributed by atoms with Crippen LogP contribution in [0.3, 0.4) is 0 Å². The van der Waals surface area contributed by atoms with Crippen molar-refractivity contribution in [1.82, 2.24) is 9.97 Å². The Kier molecular flexibility index (Phi) is 5.43. The van der Waals surface area contributed by atoms with Crippen LogP contribution in [0.15, 0.2) is 10.7 Å². The fourth-order valence-electron chi connectivity index (χ4n) is 2.85. The maximum atomic E-state index is 4.49. The van der Waals surface area contributed by atoms with Gasteiger partial charge in [-0.2, -0.15) is 4.98 Å². The van der Waals surface area contributed by atoms with Gasteiger partial charge in [0.2, 0.25) is 5.95 Å². The Morgan fingerprint density at radius 3 is 2.74 bits per heavy atom. The largest absolute Gasteiger partial charge is 0.366 e. The van der Waals surface area contributed by atoms with Crippen LogP contribution in [0.4, 0.5) is 11.8 Å². The number of hydrogen-bond donors (Lipinski definition) is 2. The normalized spacial score (nSPS) is 18.1. The molecule has 19 heavy (non-hydrogen) atoms. The fourth-order valence-corrected chi connectivity index (χ4v) is 3.16. The molecule has 0 amide bonds. The highest BCUT2D eigenvalue weighted by Crippen LogP contribution is 2.30. The average molecular weight is 327 g/mol. The molecule has 0 radical (unpaired) electrons. The predicted molar refractivity (Wildman–Crippen MR) is 83.6 cm³/mol. The first kappa shape index (κ1) is 14.6. The van der Waals surface area contributed by atoms with E-state index < -0.39 is 0 Å². The second-order valence-corrected chi connectivity index (χ2v) is 6.05. The zero-order valence-corrected chi connectivity index (χ0v) is 13.3. The zero-order valence-electron chi connectivity index (χ0n) is 11.7. The molecule has 0 bridgehead atoms. The number of halogens is 1. The molecule has 106 valence electrons. The summed E-state index contributed by atoms with van der Waals surface area (Å²) in [5, 5.41) is 6.59. The van der Waals surface area contributed by atoms with Gasteiger partial charge in [-0.05, 0) is 41.1 Å². The van der Waals surface area contributed by atoms with Crippen LogP contribution in [-0.4, -0.2) is 23.1 Å². The SMILES string of the molecule is CCC(Nc1nc(NC)ncc1Br)C1CCCCC1. The van der Waals surface area contributed by atoms with E-state index in [9.17, 15) is 0 Å². The number of anilines is 2. The Labute approximate surface area is 123 Å². The molecule has 2 rings (SSSR count). The van der Waals surface area contributed by atoms with Crippen LogP contribution < -0.4 is 10.6 Å². The molecule has 0 spiro atoms. The molecule has 1 aliphatic rings. The summed E-state index contributed by atoms with van der Waals surface area (Å²) < 4.78 is 0.931. The highest BCUT2D eigenvalue weighted by molar-refractivity contribution is 9.10. The minimum Gasteiger partial charge on any atom is -0.366 e. The molecular formula is C14H23BrN4. The van der Waals surface area contributed by atoms with Crippen LogP contribution in [0, 0.1) is 5.92 Å². The van der Waals surface area contributed by atoms with Crippen molar-refractivity contribution in [3.8, 4) is 0 Å². The summed E-state index contributed by atoms with van der Waals surface area (Å²) in [5.41, 5.74) is 0. The summed E-state index contributed by atoms with van der Waals surface area (Å²) in [6.07, 6.45) is 9.75. The van der Waals surface area contributed by atoms with E-state index in [0.29, 0.717) is 12.0 Å². The number of nitrogens with one attached hydrogen (secondary N) is 2. The number of rotatable bonds is 5. The molecule has 1 aliphatic carbocycles. The average Bonchev–Trinajstić information content (AvgIpc) is 2.47. The van der Waals surface area contributed by atoms with E-state index in [-0.39, 0.29) is 0 Å². The van der Waals surface area contributed by atoms with Gasteiger partial charge in [-0.15, -0.1) is 0 Å². The Bertz CT molecular complexity index is 404. The lowest BCUT2D eigenvalue weighted by atomic mass is 9.83. The molecule has 1 aromatic heterocycles. The minimum absolute atomic E-state index is 0.510. The molecule has 1 fully saturated rings. The lowest BCUT2D eigenvalue weighted by Gasteiger charge is -2.30. The number of nitrogens with zero attached hydrogens (tertiary/aromatic N) is 2. The summed E-state index contributed by atoms with van der Waals surface area (Å²) in [6.45, 7) is 2.25. The highest BCUT2D eigenvalue weighted by atomic mass is 79.9. The summed E-state index contributed by atoms with van der Waals surface area (Å²) in [5.74, 6) is 2.33. The molecule has 1 unspecified atom stereocenters. The Morgan fingerprint density at radius 2 is 2.11 bits per heavy atom. The van der Waals surface area contributed by atoms with E-state index in [1.54, 1.807) is 6.20 Å². The van der Waals surface area contributed by atoms with Gasteiger partial charge >= 0.3 is 0 Å². The lowest BCUT2D eigenvalue weighted by molar-refractivity contribution is 0.312. The van der Waals surface area contributed by atoms with E-state index in [1.807, 2.05) is 7.05 Å². The van der Waals surface area contributed by atoms with Gasteiger partial charge in [-0.3, -0.25) is 0 Å². The summed E-state index contributed by atoms with van der Waals surface area (Å²) >= 11 is 3.53. The minimum atomic E-state index is 0.510.